The summed E-state index contributed by atoms with van der Waals surface area (Å²) < 4.78 is 53.6. The van der Waals surface area contributed by atoms with Crippen LogP contribution in [0.15, 0.2) is 0 Å². The van der Waals surface area contributed by atoms with E-state index in [1.54, 1.807) is 14.7 Å². The van der Waals surface area contributed by atoms with E-state index in [9.17, 15) is 79.5 Å². The van der Waals surface area contributed by atoms with E-state index >= 15 is 0 Å². The van der Waals surface area contributed by atoms with Crippen molar-refractivity contribution < 1.29 is 127 Å². The van der Waals surface area contributed by atoms with E-state index in [2.05, 4.69) is 22.9 Å². The molecule has 3 aliphatic rings. The first kappa shape index (κ1) is 79.8. The maximum absolute atomic E-state index is 13.3. The molecule has 3 aliphatic heterocycles. The van der Waals surface area contributed by atoms with Gasteiger partial charge in [-0.15, -0.1) is 0 Å². The van der Waals surface area contributed by atoms with Crippen molar-refractivity contribution in [3.8, 4) is 0 Å². The monoisotopic (exact) mass is 1300 g/mol. The van der Waals surface area contributed by atoms with Gasteiger partial charge in [0.2, 0.25) is 17.7 Å². The molecule has 3 amide bonds. The second-order valence-electron chi connectivity index (χ2n) is 22.5. The molecule has 0 aromatic carbocycles. The molecule has 32 heteroatoms. The molecule has 3 heterocycles. The Balaban J connectivity index is 1.63. The molecule has 32 nitrogen and oxygen atoms in total. The Hall–Kier alpha value is -4.43. The molecule has 12 N–H and O–H groups in total. The summed E-state index contributed by atoms with van der Waals surface area (Å²) in [6.07, 6.45) is -13.7. The van der Waals surface area contributed by atoms with E-state index < -0.39 is 128 Å². The molecule has 15 atom stereocenters. The van der Waals surface area contributed by atoms with Crippen LogP contribution in [0.5, 0.6) is 0 Å². The maximum atomic E-state index is 13.3. The predicted molar refractivity (Wildman–Crippen MR) is 314 cm³/mol. The fourth-order valence-corrected chi connectivity index (χ4v) is 10.1. The number of nitrogens with one attached hydrogen (secondary N) is 3. The van der Waals surface area contributed by atoms with Crippen LogP contribution in [0, 0.1) is 0 Å². The number of carbonyl (C=O) groups excluding carboxylic acids is 7. The van der Waals surface area contributed by atoms with Gasteiger partial charge >= 0.3 is 23.9 Å². The van der Waals surface area contributed by atoms with Gasteiger partial charge < -0.3 is 109 Å². The first-order chi connectivity index (χ1) is 43.1. The van der Waals surface area contributed by atoms with E-state index in [1.165, 1.54) is 60.5 Å². The number of aliphatic hydroxyl groups excluding tert-OH is 9. The van der Waals surface area contributed by atoms with Gasteiger partial charge in [0.1, 0.15) is 73.2 Å². The van der Waals surface area contributed by atoms with Gasteiger partial charge in [0.05, 0.1) is 73.9 Å². The minimum Gasteiger partial charge on any atom is -0.469 e. The van der Waals surface area contributed by atoms with Crippen molar-refractivity contribution in [2.75, 3.05) is 127 Å². The average Bonchev–Trinajstić information content (AvgIpc) is 1.00. The van der Waals surface area contributed by atoms with Crippen LogP contribution in [-0.2, 0) is 80.9 Å². The summed E-state index contributed by atoms with van der Waals surface area (Å²) in [5.41, 5.74) is 0. The van der Waals surface area contributed by atoms with Crippen molar-refractivity contribution in [2.45, 2.75) is 202 Å². The number of unbranched alkanes of at least 4 members (excludes halogenated alkanes) is 8. The molecular formula is C58H104N6O26. The number of rotatable bonds is 46. The quantitative estimate of drug-likeness (QED) is 0.0156. The highest BCUT2D eigenvalue weighted by Crippen LogP contribution is 2.26. The molecule has 3 fully saturated rings. The van der Waals surface area contributed by atoms with Crippen LogP contribution >= 0.6 is 0 Å². The summed E-state index contributed by atoms with van der Waals surface area (Å²) in [6.45, 7) is 1.08. The van der Waals surface area contributed by atoms with Gasteiger partial charge in [0.15, 0.2) is 18.9 Å². The number of nitrogens with zero attached hydrogens (tertiary/aromatic N) is 3. The van der Waals surface area contributed by atoms with E-state index in [0.717, 1.165) is 25.7 Å². The largest absolute Gasteiger partial charge is 0.469 e. The van der Waals surface area contributed by atoms with Crippen molar-refractivity contribution in [1.82, 2.24) is 30.7 Å². The van der Waals surface area contributed by atoms with Crippen LogP contribution in [0.25, 0.3) is 0 Å². The Morgan fingerprint density at radius 2 is 0.600 bits per heavy atom. The normalized spacial score (nSPS) is 26.9. The number of methoxy groups -OCH3 is 4. The summed E-state index contributed by atoms with van der Waals surface area (Å²) in [5, 5.41) is 106. The number of hydrogen-bond acceptors (Lipinski definition) is 29. The Labute approximate surface area is 526 Å². The van der Waals surface area contributed by atoms with Crippen LogP contribution in [0.4, 0.5) is 0 Å². The van der Waals surface area contributed by atoms with Crippen molar-refractivity contribution in [1.29, 1.82) is 0 Å². The molecule has 0 radical (unpaired) electrons. The van der Waals surface area contributed by atoms with Gasteiger partial charge in [-0.05, 0) is 6.42 Å². The van der Waals surface area contributed by atoms with Gasteiger partial charge in [-0.3, -0.25) is 48.3 Å². The fourth-order valence-electron chi connectivity index (χ4n) is 10.1. The van der Waals surface area contributed by atoms with Crippen molar-refractivity contribution in [3.63, 3.8) is 0 Å². The van der Waals surface area contributed by atoms with E-state index in [0.29, 0.717) is 6.42 Å². The molecular weight excluding hydrogens is 1200 g/mol. The third kappa shape index (κ3) is 30.1. The predicted octanol–water partition coefficient (Wildman–Crippen LogP) is -4.33. The SMILES string of the molecule is CCCCCCCCCCCC(=O)NCCO[C@@H]1O[C@H](CN(CCC(=O)NCCO[C@@H]2O[C@H](CN(CCC(=O)OC)CCC(=O)OC)[C@@H](O)[C@H](O)[C@H]2O)CCC(=O)NCCO[C@@H]2O[C@H](CN(CCC(=O)OC)CCC(=O)OC)[C@@H](O)[C@H](O)[C@H]2O)[C@@H](O)[C@H](O)[C@H]1O. The van der Waals surface area contributed by atoms with E-state index in [1.807, 2.05) is 0 Å². The Morgan fingerprint density at radius 3 is 0.878 bits per heavy atom. The van der Waals surface area contributed by atoms with E-state index in [-0.39, 0.29) is 143 Å². The molecule has 90 heavy (non-hydrogen) atoms. The lowest BCUT2D eigenvalue weighted by Crippen LogP contribution is -2.61. The zero-order valence-corrected chi connectivity index (χ0v) is 52.9. The molecule has 0 saturated carbocycles. The third-order valence-electron chi connectivity index (χ3n) is 15.7. The Morgan fingerprint density at radius 1 is 0.344 bits per heavy atom. The number of aliphatic hydroxyl groups is 9. The van der Waals surface area contributed by atoms with Gasteiger partial charge in [0, 0.05) is 97.8 Å². The minimum atomic E-state index is -1.75. The molecule has 3 rings (SSSR count). The summed E-state index contributed by atoms with van der Waals surface area (Å²) in [6, 6.07) is 0. The molecule has 0 aromatic rings. The molecule has 0 unspecified atom stereocenters. The summed E-state index contributed by atoms with van der Waals surface area (Å²) in [4.78, 5) is 91.6. The summed E-state index contributed by atoms with van der Waals surface area (Å²) in [7, 11) is 4.86. The maximum Gasteiger partial charge on any atom is 0.306 e. The number of esters is 4. The standard InChI is InChI=1S/C58H104N6O26/c1-6-7-8-9-10-11-12-13-14-15-40(65)59-22-31-85-56-53(78)50(75)47(72)37(88-56)34-62(25-16-41(66)60-23-32-86-57-54(79)51(76)48(73)38(89-57)35-63(27-18-43(68)81-2)28-19-44(69)82-3)26-17-42(67)61-24-33-87-58-55(80)52(77)49(74)39(90-58)36-64(29-20-45(70)83-4)30-21-46(71)84-5/h37-39,47-58,72-80H,6-36H2,1-5H3,(H,59,65)(H,60,66)(H,61,67)/t37-,38-,39-,47-,48-,49-,50+,51+,52+,53-,54-,55-,56-,57-,58-/m1/s1. The Bertz CT molecular complexity index is 1930. The number of hydrogen-bond donors (Lipinski definition) is 12. The van der Waals surface area contributed by atoms with E-state index in [4.69, 9.17) is 47.4 Å². The van der Waals surface area contributed by atoms with Gasteiger partial charge in [0.25, 0.3) is 0 Å². The lowest BCUT2D eigenvalue weighted by atomic mass is 9.98. The van der Waals surface area contributed by atoms with Crippen LogP contribution in [0.3, 0.4) is 0 Å². The highest BCUT2D eigenvalue weighted by atomic mass is 16.7. The highest BCUT2D eigenvalue weighted by Gasteiger charge is 2.47. The number of carbonyl (C=O) groups is 7. The fraction of sp³-hybridized carbons (Fsp3) is 0.879. The van der Waals surface area contributed by atoms with Gasteiger partial charge in [-0.25, -0.2) is 0 Å². The molecule has 0 bridgehead atoms. The van der Waals surface area contributed by atoms with Crippen LogP contribution < -0.4 is 16.0 Å². The Kier molecular flexibility index (Phi) is 39.9. The first-order valence-electron chi connectivity index (χ1n) is 31.3. The lowest BCUT2D eigenvalue weighted by molar-refractivity contribution is -0.298. The highest BCUT2D eigenvalue weighted by molar-refractivity contribution is 5.77. The van der Waals surface area contributed by atoms with Gasteiger partial charge in [-0.2, -0.15) is 0 Å². The van der Waals surface area contributed by atoms with Crippen molar-refractivity contribution in [2.24, 2.45) is 0 Å². The van der Waals surface area contributed by atoms with Crippen molar-refractivity contribution in [3.05, 3.63) is 0 Å². The number of ether oxygens (including phenoxy) is 10. The molecule has 0 aromatic heterocycles. The summed E-state index contributed by atoms with van der Waals surface area (Å²) >= 11 is 0. The molecule has 0 aliphatic carbocycles. The van der Waals surface area contributed by atoms with Crippen LogP contribution in [0.1, 0.15) is 110 Å². The van der Waals surface area contributed by atoms with Crippen molar-refractivity contribution >= 4 is 41.6 Å². The second-order valence-corrected chi connectivity index (χ2v) is 22.5. The smallest absolute Gasteiger partial charge is 0.306 e. The molecule has 3 saturated heterocycles. The topological polar surface area (TPSA) is 440 Å². The third-order valence-corrected chi connectivity index (χ3v) is 15.7. The zero-order valence-electron chi connectivity index (χ0n) is 52.9. The second kappa shape index (κ2) is 45.0. The summed E-state index contributed by atoms with van der Waals surface area (Å²) in [5.74, 6) is -3.37. The average molecular weight is 1300 g/mol. The van der Waals surface area contributed by atoms with Crippen LogP contribution in [-0.4, -0.2) is 321 Å². The first-order valence-corrected chi connectivity index (χ1v) is 31.3. The van der Waals surface area contributed by atoms with Gasteiger partial charge in [-0.1, -0.05) is 58.3 Å². The van der Waals surface area contributed by atoms with Crippen LogP contribution in [0.2, 0.25) is 0 Å². The molecule has 0 spiro atoms. The number of amides is 3. The zero-order chi connectivity index (χ0) is 66.5. The minimum absolute atomic E-state index is 0.0643. The molecule has 522 valence electrons. The lowest BCUT2D eigenvalue weighted by Gasteiger charge is -2.42.